The Kier molecular flexibility index (Phi) is 4.81. The average Bonchev–Trinajstić information content (AvgIpc) is 2.59. The first-order chi connectivity index (χ1) is 12.5. The largest absolute Gasteiger partial charge is 0.489 e. The number of aromatic amines is 1. The van der Waals surface area contributed by atoms with Crippen molar-refractivity contribution in [3.8, 4) is 22.9 Å². The zero-order valence-corrected chi connectivity index (χ0v) is 13.8. The normalized spacial score (nSPS) is 10.4. The lowest BCUT2D eigenvalue weighted by Gasteiger charge is -2.09. The van der Waals surface area contributed by atoms with Crippen LogP contribution in [0, 0.1) is 29.9 Å². The number of aromatic nitrogens is 1. The molecule has 0 atom stereocenters. The Morgan fingerprint density at radius 1 is 1.08 bits per heavy atom. The molecule has 6 heteroatoms. The Labute approximate surface area is 148 Å². The van der Waals surface area contributed by atoms with Crippen LogP contribution in [0.4, 0.5) is 8.78 Å². The van der Waals surface area contributed by atoms with E-state index in [0.29, 0.717) is 28.1 Å². The second kappa shape index (κ2) is 7.19. The Bertz CT molecular complexity index is 1030. The summed E-state index contributed by atoms with van der Waals surface area (Å²) in [6.07, 6.45) is 0. The van der Waals surface area contributed by atoms with Crippen LogP contribution in [0.5, 0.6) is 5.75 Å². The van der Waals surface area contributed by atoms with Gasteiger partial charge in [-0.3, -0.25) is 4.79 Å². The van der Waals surface area contributed by atoms with E-state index in [4.69, 9.17) is 4.74 Å². The molecule has 2 aromatic carbocycles. The number of pyridine rings is 1. The number of benzene rings is 2. The first kappa shape index (κ1) is 17.4. The topological polar surface area (TPSA) is 65.9 Å². The van der Waals surface area contributed by atoms with Crippen LogP contribution in [-0.2, 0) is 6.61 Å². The van der Waals surface area contributed by atoms with Crippen molar-refractivity contribution in [3.05, 3.63) is 87.3 Å². The smallest absolute Gasteiger partial charge is 0.266 e. The molecule has 0 radical (unpaired) electrons. The second-order valence-electron chi connectivity index (χ2n) is 5.77. The highest BCUT2D eigenvalue weighted by molar-refractivity contribution is 5.70. The third-order valence-electron chi connectivity index (χ3n) is 3.77. The molecule has 0 spiro atoms. The van der Waals surface area contributed by atoms with E-state index in [2.05, 4.69) is 4.98 Å². The monoisotopic (exact) mass is 352 g/mol. The van der Waals surface area contributed by atoms with Crippen molar-refractivity contribution in [2.45, 2.75) is 13.5 Å². The molecule has 1 heterocycles. The summed E-state index contributed by atoms with van der Waals surface area (Å²) < 4.78 is 31.9. The zero-order chi connectivity index (χ0) is 18.7. The maximum Gasteiger partial charge on any atom is 0.266 e. The van der Waals surface area contributed by atoms with Gasteiger partial charge in [0.1, 0.15) is 35.6 Å². The van der Waals surface area contributed by atoms with Crippen molar-refractivity contribution < 1.29 is 13.5 Å². The van der Waals surface area contributed by atoms with E-state index in [0.717, 1.165) is 6.07 Å². The number of halogens is 2. The number of H-pyrrole nitrogens is 1. The molecule has 4 nitrogen and oxygen atoms in total. The highest BCUT2D eigenvalue weighted by Gasteiger charge is 2.10. The molecular formula is C20H14F2N2O2. The molecule has 0 saturated carbocycles. The lowest BCUT2D eigenvalue weighted by Crippen LogP contribution is -2.12. The van der Waals surface area contributed by atoms with Gasteiger partial charge in [-0.05, 0) is 48.4 Å². The Hall–Kier alpha value is -3.46. The van der Waals surface area contributed by atoms with Gasteiger partial charge in [0.15, 0.2) is 0 Å². The van der Waals surface area contributed by atoms with Crippen molar-refractivity contribution in [2.75, 3.05) is 0 Å². The predicted molar refractivity (Wildman–Crippen MR) is 92.6 cm³/mol. The van der Waals surface area contributed by atoms with E-state index >= 15 is 0 Å². The van der Waals surface area contributed by atoms with Gasteiger partial charge in [-0.2, -0.15) is 5.26 Å². The lowest BCUT2D eigenvalue weighted by molar-refractivity contribution is 0.305. The fraction of sp³-hybridized carbons (Fsp3) is 0.100. The molecule has 3 aromatic rings. The minimum Gasteiger partial charge on any atom is -0.489 e. The maximum atomic E-state index is 13.2. The summed E-state index contributed by atoms with van der Waals surface area (Å²) in [5.41, 5.74) is 1.86. The molecule has 0 unspecified atom stereocenters. The van der Waals surface area contributed by atoms with Crippen LogP contribution in [-0.4, -0.2) is 4.98 Å². The van der Waals surface area contributed by atoms with Gasteiger partial charge in [-0.1, -0.05) is 12.1 Å². The number of hydrogen-bond donors (Lipinski definition) is 1. The van der Waals surface area contributed by atoms with Crippen LogP contribution >= 0.6 is 0 Å². The highest BCUT2D eigenvalue weighted by atomic mass is 19.1. The summed E-state index contributed by atoms with van der Waals surface area (Å²) in [4.78, 5) is 14.5. The van der Waals surface area contributed by atoms with Gasteiger partial charge in [0.2, 0.25) is 0 Å². The van der Waals surface area contributed by atoms with E-state index < -0.39 is 17.2 Å². The Morgan fingerprint density at radius 2 is 1.73 bits per heavy atom. The lowest BCUT2D eigenvalue weighted by atomic mass is 10.0. The maximum absolute atomic E-state index is 13.2. The van der Waals surface area contributed by atoms with Crippen molar-refractivity contribution in [3.63, 3.8) is 0 Å². The van der Waals surface area contributed by atoms with Gasteiger partial charge in [-0.25, -0.2) is 8.78 Å². The van der Waals surface area contributed by atoms with E-state index in [-0.39, 0.29) is 12.2 Å². The fourth-order valence-electron chi connectivity index (χ4n) is 2.62. The second-order valence-corrected chi connectivity index (χ2v) is 5.77. The molecule has 0 amide bonds. The summed E-state index contributed by atoms with van der Waals surface area (Å²) in [5, 5.41) is 9.21. The minimum absolute atomic E-state index is 0.0155. The van der Waals surface area contributed by atoms with Gasteiger partial charge in [0.05, 0.1) is 0 Å². The van der Waals surface area contributed by atoms with Gasteiger partial charge >= 0.3 is 0 Å². The summed E-state index contributed by atoms with van der Waals surface area (Å²) >= 11 is 0. The molecule has 0 aliphatic carbocycles. The SMILES string of the molecule is Cc1cc(-c2ccc(OCc3cc(F)cc(F)c3)cc2)c(C#N)c(=O)[nH]1. The summed E-state index contributed by atoms with van der Waals surface area (Å²) in [7, 11) is 0. The van der Waals surface area contributed by atoms with Crippen LogP contribution in [0.15, 0.2) is 53.3 Å². The Morgan fingerprint density at radius 3 is 2.35 bits per heavy atom. The number of nitrogens with zero attached hydrogens (tertiary/aromatic N) is 1. The average molecular weight is 352 g/mol. The summed E-state index contributed by atoms with van der Waals surface area (Å²) in [6, 6.07) is 13.6. The number of aryl methyl sites for hydroxylation is 1. The molecular weight excluding hydrogens is 338 g/mol. The van der Waals surface area contributed by atoms with E-state index in [1.54, 1.807) is 37.3 Å². The highest BCUT2D eigenvalue weighted by Crippen LogP contribution is 2.25. The first-order valence-electron chi connectivity index (χ1n) is 7.78. The van der Waals surface area contributed by atoms with E-state index in [9.17, 15) is 18.8 Å². The third-order valence-corrected chi connectivity index (χ3v) is 3.77. The van der Waals surface area contributed by atoms with Crippen molar-refractivity contribution in [2.24, 2.45) is 0 Å². The van der Waals surface area contributed by atoms with Gasteiger partial charge < -0.3 is 9.72 Å². The molecule has 0 bridgehead atoms. The third kappa shape index (κ3) is 3.78. The molecule has 130 valence electrons. The van der Waals surface area contributed by atoms with Crippen LogP contribution in [0.1, 0.15) is 16.8 Å². The molecule has 1 N–H and O–H groups in total. The van der Waals surface area contributed by atoms with Crippen LogP contribution < -0.4 is 10.3 Å². The van der Waals surface area contributed by atoms with Gasteiger partial charge in [0.25, 0.3) is 5.56 Å². The molecule has 1 aromatic heterocycles. The van der Waals surface area contributed by atoms with Crippen LogP contribution in [0.3, 0.4) is 0 Å². The van der Waals surface area contributed by atoms with Crippen molar-refractivity contribution >= 4 is 0 Å². The van der Waals surface area contributed by atoms with Crippen LogP contribution in [0.25, 0.3) is 11.1 Å². The van der Waals surface area contributed by atoms with E-state index in [1.165, 1.54) is 12.1 Å². The molecule has 0 fully saturated rings. The summed E-state index contributed by atoms with van der Waals surface area (Å²) in [5.74, 6) is -0.821. The molecule has 0 aliphatic rings. The fourth-order valence-corrected chi connectivity index (χ4v) is 2.62. The van der Waals surface area contributed by atoms with E-state index in [1.807, 2.05) is 6.07 Å². The number of hydrogen-bond acceptors (Lipinski definition) is 3. The molecule has 0 aliphatic heterocycles. The standard InChI is InChI=1S/C20H14F2N2O2/c1-12-6-18(19(10-23)20(25)24-12)14-2-4-17(5-3-14)26-11-13-7-15(21)9-16(22)8-13/h2-9H,11H2,1H3,(H,24,25). The van der Waals surface area contributed by atoms with Crippen molar-refractivity contribution in [1.29, 1.82) is 5.26 Å². The summed E-state index contributed by atoms with van der Waals surface area (Å²) in [6.45, 7) is 1.75. The van der Waals surface area contributed by atoms with Gasteiger partial charge in [-0.15, -0.1) is 0 Å². The quantitative estimate of drug-likeness (QED) is 0.769. The van der Waals surface area contributed by atoms with Gasteiger partial charge in [0, 0.05) is 17.3 Å². The molecule has 26 heavy (non-hydrogen) atoms. The van der Waals surface area contributed by atoms with Crippen LogP contribution in [0.2, 0.25) is 0 Å². The predicted octanol–water partition coefficient (Wildman–Crippen LogP) is 4.08. The minimum atomic E-state index is -0.660. The Balaban J connectivity index is 1.81. The number of rotatable bonds is 4. The molecule has 3 rings (SSSR count). The number of nitriles is 1. The number of nitrogens with one attached hydrogen (secondary N) is 1. The zero-order valence-electron chi connectivity index (χ0n) is 13.8. The van der Waals surface area contributed by atoms with Crippen molar-refractivity contribution in [1.82, 2.24) is 4.98 Å². The first-order valence-corrected chi connectivity index (χ1v) is 7.78. The molecule has 0 saturated heterocycles. The number of ether oxygens (including phenoxy) is 1.